The van der Waals surface area contributed by atoms with Crippen molar-refractivity contribution in [3.05, 3.63) is 11.1 Å². The number of nitrogens with one attached hydrogen (secondary N) is 1. The van der Waals surface area contributed by atoms with Crippen LogP contribution in [0, 0.1) is 0 Å². The Kier molecular flexibility index (Phi) is 3.94. The van der Waals surface area contributed by atoms with Gasteiger partial charge >= 0.3 is 0 Å². The number of nitrogens with zero attached hydrogens (tertiary/aromatic N) is 1. The van der Waals surface area contributed by atoms with Gasteiger partial charge in [-0.25, -0.2) is 0 Å². The molecule has 0 amide bonds. The molecule has 0 spiro atoms. The van der Waals surface area contributed by atoms with Crippen molar-refractivity contribution in [1.82, 2.24) is 10.2 Å². The van der Waals surface area contributed by atoms with Gasteiger partial charge in [-0.3, -0.25) is 4.90 Å². The average molecular weight is 182 g/mol. The largest absolute Gasteiger partial charge is 0.309 e. The molecule has 1 unspecified atom stereocenters. The van der Waals surface area contributed by atoms with E-state index in [0.717, 1.165) is 19.6 Å². The minimum absolute atomic E-state index is 0.698. The molecule has 0 aliphatic carbocycles. The quantitative estimate of drug-likeness (QED) is 0.665. The van der Waals surface area contributed by atoms with E-state index in [0.29, 0.717) is 6.04 Å². The van der Waals surface area contributed by atoms with Crippen LogP contribution in [-0.4, -0.2) is 37.6 Å². The Morgan fingerprint density at radius 2 is 2.15 bits per heavy atom. The maximum absolute atomic E-state index is 3.28. The van der Waals surface area contributed by atoms with Crippen LogP contribution in [0.25, 0.3) is 0 Å². The zero-order valence-electron chi connectivity index (χ0n) is 9.35. The van der Waals surface area contributed by atoms with Crippen LogP contribution in [0.4, 0.5) is 0 Å². The van der Waals surface area contributed by atoms with Crippen LogP contribution in [0.2, 0.25) is 0 Å². The molecular formula is C11H22N2. The Morgan fingerprint density at radius 3 is 2.54 bits per heavy atom. The Balaban J connectivity index is 2.39. The summed E-state index contributed by atoms with van der Waals surface area (Å²) in [5.74, 6) is 0. The Labute approximate surface area is 82.0 Å². The van der Waals surface area contributed by atoms with Crippen LogP contribution in [-0.2, 0) is 0 Å². The summed E-state index contributed by atoms with van der Waals surface area (Å²) in [5, 5.41) is 3.28. The lowest BCUT2D eigenvalue weighted by molar-refractivity contribution is 0.271. The van der Waals surface area contributed by atoms with Crippen molar-refractivity contribution in [2.45, 2.75) is 33.2 Å². The van der Waals surface area contributed by atoms with E-state index in [4.69, 9.17) is 0 Å². The van der Waals surface area contributed by atoms with E-state index in [-0.39, 0.29) is 0 Å². The third-order valence-electron chi connectivity index (χ3n) is 3.11. The lowest BCUT2D eigenvalue weighted by atomic mass is 10.0. The molecule has 1 aliphatic heterocycles. The molecule has 1 rings (SSSR count). The first-order valence-corrected chi connectivity index (χ1v) is 5.23. The van der Waals surface area contributed by atoms with Gasteiger partial charge in [0.2, 0.25) is 0 Å². The topological polar surface area (TPSA) is 15.3 Å². The monoisotopic (exact) mass is 182 g/mol. The second-order valence-electron chi connectivity index (χ2n) is 4.16. The molecule has 1 heterocycles. The summed E-state index contributed by atoms with van der Waals surface area (Å²) in [6.07, 6.45) is 1.23. The molecule has 76 valence electrons. The highest BCUT2D eigenvalue weighted by Gasteiger charge is 2.13. The van der Waals surface area contributed by atoms with Gasteiger partial charge in [-0.05, 0) is 32.9 Å². The van der Waals surface area contributed by atoms with Gasteiger partial charge in [-0.15, -0.1) is 0 Å². The number of hydrogen-bond donors (Lipinski definition) is 1. The highest BCUT2D eigenvalue weighted by Crippen LogP contribution is 2.11. The zero-order chi connectivity index (χ0) is 9.84. The summed E-state index contributed by atoms with van der Waals surface area (Å²) >= 11 is 0. The molecule has 2 nitrogen and oxygen atoms in total. The molecule has 1 N–H and O–H groups in total. The molecule has 0 bridgehead atoms. The van der Waals surface area contributed by atoms with E-state index in [1.165, 1.54) is 6.42 Å². The van der Waals surface area contributed by atoms with Gasteiger partial charge in [0.25, 0.3) is 0 Å². The van der Waals surface area contributed by atoms with Gasteiger partial charge in [0.05, 0.1) is 0 Å². The second kappa shape index (κ2) is 4.77. The summed E-state index contributed by atoms with van der Waals surface area (Å²) in [7, 11) is 2.21. The minimum Gasteiger partial charge on any atom is -0.309 e. The molecule has 0 aromatic heterocycles. The molecule has 13 heavy (non-hydrogen) atoms. The average Bonchev–Trinajstić information content (AvgIpc) is 1.99. The van der Waals surface area contributed by atoms with Crippen LogP contribution in [0.5, 0.6) is 0 Å². The molecule has 1 saturated heterocycles. The van der Waals surface area contributed by atoms with Crippen LogP contribution < -0.4 is 5.32 Å². The van der Waals surface area contributed by atoms with E-state index in [9.17, 15) is 0 Å². The maximum Gasteiger partial charge on any atom is 0.0193 e. The lowest BCUT2D eigenvalue weighted by Gasteiger charge is -2.28. The fourth-order valence-electron chi connectivity index (χ4n) is 1.51. The minimum atomic E-state index is 0.698. The molecule has 0 saturated carbocycles. The first-order chi connectivity index (χ1) is 6.15. The summed E-state index contributed by atoms with van der Waals surface area (Å²) in [4.78, 5) is 2.43. The van der Waals surface area contributed by atoms with Crippen molar-refractivity contribution >= 4 is 0 Å². The number of hydrogen-bond acceptors (Lipinski definition) is 2. The van der Waals surface area contributed by atoms with Crippen molar-refractivity contribution in [2.75, 3.05) is 26.7 Å². The molecule has 1 aliphatic rings. The van der Waals surface area contributed by atoms with Crippen molar-refractivity contribution in [3.8, 4) is 0 Å². The molecule has 0 aromatic rings. The van der Waals surface area contributed by atoms with Gasteiger partial charge < -0.3 is 5.32 Å². The van der Waals surface area contributed by atoms with E-state index in [2.05, 4.69) is 38.0 Å². The van der Waals surface area contributed by atoms with Gasteiger partial charge in [-0.2, -0.15) is 0 Å². The summed E-state index contributed by atoms with van der Waals surface area (Å²) < 4.78 is 0. The molecule has 0 radical (unpaired) electrons. The van der Waals surface area contributed by atoms with E-state index < -0.39 is 0 Å². The number of rotatable bonds is 4. The summed E-state index contributed by atoms with van der Waals surface area (Å²) in [6.45, 7) is 10.1. The van der Waals surface area contributed by atoms with E-state index in [1.807, 2.05) is 0 Å². The van der Waals surface area contributed by atoms with Crippen LogP contribution >= 0.6 is 0 Å². The van der Waals surface area contributed by atoms with Gasteiger partial charge in [0, 0.05) is 25.7 Å². The highest BCUT2D eigenvalue weighted by atomic mass is 15.1. The Hall–Kier alpha value is -0.340. The third kappa shape index (κ3) is 2.82. The van der Waals surface area contributed by atoms with Crippen molar-refractivity contribution < 1.29 is 0 Å². The fourth-order valence-corrected chi connectivity index (χ4v) is 1.51. The van der Waals surface area contributed by atoms with Crippen LogP contribution in [0.1, 0.15) is 27.2 Å². The van der Waals surface area contributed by atoms with Gasteiger partial charge in [-0.1, -0.05) is 12.5 Å². The van der Waals surface area contributed by atoms with E-state index >= 15 is 0 Å². The van der Waals surface area contributed by atoms with Crippen LogP contribution in [0.3, 0.4) is 0 Å². The van der Waals surface area contributed by atoms with Crippen LogP contribution in [0.15, 0.2) is 11.1 Å². The Bertz CT molecular complexity index is 190. The Morgan fingerprint density at radius 1 is 1.54 bits per heavy atom. The molecule has 1 atom stereocenters. The van der Waals surface area contributed by atoms with Gasteiger partial charge in [0.15, 0.2) is 0 Å². The zero-order valence-corrected chi connectivity index (χ0v) is 9.35. The summed E-state index contributed by atoms with van der Waals surface area (Å²) in [5.41, 5.74) is 3.16. The highest BCUT2D eigenvalue weighted by molar-refractivity contribution is 5.22. The SMILES string of the molecule is CCC(C)N(C)CC(C)=C1CNC1. The molecule has 1 fully saturated rings. The standard InChI is InChI=1S/C11H22N2/c1-5-10(3)13(4)8-9(2)11-6-12-7-11/h10,12H,5-8H2,1-4H3. The normalized spacial score (nSPS) is 18.7. The van der Waals surface area contributed by atoms with E-state index in [1.54, 1.807) is 11.1 Å². The van der Waals surface area contributed by atoms with Gasteiger partial charge in [0.1, 0.15) is 0 Å². The fraction of sp³-hybridized carbons (Fsp3) is 0.818. The van der Waals surface area contributed by atoms with Crippen molar-refractivity contribution in [3.63, 3.8) is 0 Å². The number of likely N-dealkylation sites (N-methyl/N-ethyl adjacent to an activating group) is 1. The molecule has 2 heteroatoms. The smallest absolute Gasteiger partial charge is 0.0193 e. The predicted octanol–water partition coefficient (Wildman–Crippen LogP) is 1.64. The third-order valence-corrected chi connectivity index (χ3v) is 3.11. The molecule has 0 aromatic carbocycles. The van der Waals surface area contributed by atoms with Crippen molar-refractivity contribution in [1.29, 1.82) is 0 Å². The first-order valence-electron chi connectivity index (χ1n) is 5.23. The van der Waals surface area contributed by atoms with Crippen molar-refractivity contribution in [2.24, 2.45) is 0 Å². The molecular weight excluding hydrogens is 160 g/mol. The predicted molar refractivity (Wildman–Crippen MR) is 58.0 cm³/mol. The lowest BCUT2D eigenvalue weighted by Crippen LogP contribution is -2.37. The summed E-state index contributed by atoms with van der Waals surface area (Å²) in [6, 6.07) is 0.698. The maximum atomic E-state index is 3.28. The second-order valence-corrected chi connectivity index (χ2v) is 4.16. The first kappa shape index (κ1) is 10.7.